The normalized spacial score (nSPS) is 10.0. The van der Waals surface area contributed by atoms with E-state index in [-0.39, 0.29) is 5.91 Å². The van der Waals surface area contributed by atoms with Crippen LogP contribution in [0.15, 0.2) is 42.5 Å². The van der Waals surface area contributed by atoms with Crippen LogP contribution in [0.1, 0.15) is 17.5 Å². The van der Waals surface area contributed by atoms with Gasteiger partial charge in [-0.15, -0.1) is 0 Å². The predicted molar refractivity (Wildman–Crippen MR) is 89.2 cm³/mol. The molecule has 5 heteroatoms. The molecule has 0 atom stereocenters. The van der Waals surface area contributed by atoms with Crippen molar-refractivity contribution in [1.82, 2.24) is 0 Å². The monoisotopic (exact) mass is 332 g/mol. The van der Waals surface area contributed by atoms with Crippen molar-refractivity contribution < 1.29 is 4.79 Å². The number of carbonyl (C=O) groups excluding carboxylic acids is 1. The molecule has 0 saturated carbocycles. The van der Waals surface area contributed by atoms with Crippen LogP contribution in [0.2, 0.25) is 10.0 Å². The number of anilines is 1. The summed E-state index contributed by atoms with van der Waals surface area (Å²) >= 11 is 12.0. The number of amides is 1. The summed E-state index contributed by atoms with van der Waals surface area (Å²) in [6.45, 7) is 0. The molecule has 0 aliphatic heterocycles. The molecule has 0 aliphatic rings. The molecule has 0 unspecified atom stereocenters. The van der Waals surface area contributed by atoms with Crippen LogP contribution in [0.5, 0.6) is 0 Å². The average Bonchev–Trinajstić information content (AvgIpc) is 2.51. The molecule has 112 valence electrons. The first-order valence-electron chi connectivity index (χ1n) is 6.79. The molecule has 3 nitrogen and oxygen atoms in total. The van der Waals surface area contributed by atoms with Crippen LogP contribution in [0.25, 0.3) is 0 Å². The second-order valence-corrected chi connectivity index (χ2v) is 5.58. The van der Waals surface area contributed by atoms with E-state index in [1.807, 2.05) is 24.3 Å². The van der Waals surface area contributed by atoms with Gasteiger partial charge in [-0.1, -0.05) is 47.5 Å². The molecule has 2 aromatic rings. The third kappa shape index (κ3) is 4.49. The summed E-state index contributed by atoms with van der Waals surface area (Å²) in [7, 11) is 0. The summed E-state index contributed by atoms with van der Waals surface area (Å²) in [5.41, 5.74) is 2.49. The van der Waals surface area contributed by atoms with Crippen LogP contribution in [-0.4, -0.2) is 5.91 Å². The Morgan fingerprint density at radius 3 is 2.55 bits per heavy atom. The van der Waals surface area contributed by atoms with Gasteiger partial charge in [0, 0.05) is 12.1 Å². The topological polar surface area (TPSA) is 52.9 Å². The van der Waals surface area contributed by atoms with Gasteiger partial charge in [-0.3, -0.25) is 4.79 Å². The van der Waals surface area contributed by atoms with Gasteiger partial charge in [0.2, 0.25) is 5.91 Å². The molecule has 1 N–H and O–H groups in total. The molecule has 22 heavy (non-hydrogen) atoms. The number of nitrogens with zero attached hydrogens (tertiary/aromatic N) is 1. The molecular weight excluding hydrogens is 319 g/mol. The summed E-state index contributed by atoms with van der Waals surface area (Å²) in [5, 5.41) is 12.4. The SMILES string of the molecule is N#CCc1ccc(NC(=O)CCc2cccc(Cl)c2Cl)cc1. The molecule has 2 aromatic carbocycles. The Balaban J connectivity index is 1.90. The molecule has 1 amide bonds. The second kappa shape index (κ2) is 7.84. The highest BCUT2D eigenvalue weighted by Gasteiger charge is 2.08. The van der Waals surface area contributed by atoms with Crippen molar-refractivity contribution in [2.75, 3.05) is 5.32 Å². The van der Waals surface area contributed by atoms with Crippen molar-refractivity contribution in [1.29, 1.82) is 5.26 Å². The van der Waals surface area contributed by atoms with Gasteiger partial charge in [-0.25, -0.2) is 0 Å². The Hall–Kier alpha value is -2.02. The predicted octanol–water partition coefficient (Wildman–Crippen LogP) is 4.63. The molecule has 0 bridgehead atoms. The maximum Gasteiger partial charge on any atom is 0.224 e. The molecular formula is C17H14Cl2N2O. The number of carbonyl (C=O) groups is 1. The Labute approximate surface area is 139 Å². The summed E-state index contributed by atoms with van der Waals surface area (Å²) in [4.78, 5) is 12.0. The zero-order chi connectivity index (χ0) is 15.9. The zero-order valence-corrected chi connectivity index (χ0v) is 13.3. The van der Waals surface area contributed by atoms with Crippen molar-refractivity contribution in [3.63, 3.8) is 0 Å². The number of halogens is 2. The Morgan fingerprint density at radius 2 is 1.86 bits per heavy atom. The molecule has 0 fully saturated rings. The molecule has 0 aliphatic carbocycles. The number of hydrogen-bond acceptors (Lipinski definition) is 2. The van der Waals surface area contributed by atoms with E-state index < -0.39 is 0 Å². The van der Waals surface area contributed by atoms with Crippen LogP contribution in [0, 0.1) is 11.3 Å². The largest absolute Gasteiger partial charge is 0.326 e. The number of rotatable bonds is 5. The highest BCUT2D eigenvalue weighted by atomic mass is 35.5. The van der Waals surface area contributed by atoms with Crippen molar-refractivity contribution in [2.45, 2.75) is 19.3 Å². The Morgan fingerprint density at radius 1 is 1.14 bits per heavy atom. The van der Waals surface area contributed by atoms with Crippen LogP contribution < -0.4 is 5.32 Å². The van der Waals surface area contributed by atoms with Gasteiger partial charge in [0.25, 0.3) is 0 Å². The van der Waals surface area contributed by atoms with E-state index in [0.717, 1.165) is 11.1 Å². The highest BCUT2D eigenvalue weighted by Crippen LogP contribution is 2.26. The lowest BCUT2D eigenvalue weighted by Crippen LogP contribution is -2.12. The first-order chi connectivity index (χ1) is 10.6. The van der Waals surface area contributed by atoms with Gasteiger partial charge in [0.1, 0.15) is 0 Å². The first kappa shape index (κ1) is 16.4. The zero-order valence-electron chi connectivity index (χ0n) is 11.8. The van der Waals surface area contributed by atoms with Crippen molar-refractivity contribution >= 4 is 34.8 Å². The fourth-order valence-corrected chi connectivity index (χ4v) is 2.43. The summed E-state index contributed by atoms with van der Waals surface area (Å²) in [6, 6.07) is 14.7. The number of aryl methyl sites for hydroxylation is 1. The maximum absolute atomic E-state index is 12.0. The number of nitriles is 1. The van der Waals surface area contributed by atoms with Gasteiger partial charge < -0.3 is 5.32 Å². The second-order valence-electron chi connectivity index (χ2n) is 4.79. The third-order valence-corrected chi connectivity index (χ3v) is 4.03. The van der Waals surface area contributed by atoms with E-state index in [4.69, 9.17) is 28.5 Å². The number of hydrogen-bond donors (Lipinski definition) is 1. The first-order valence-corrected chi connectivity index (χ1v) is 7.54. The summed E-state index contributed by atoms with van der Waals surface area (Å²) < 4.78 is 0. The van der Waals surface area contributed by atoms with Crippen molar-refractivity contribution in [2.24, 2.45) is 0 Å². The molecule has 0 spiro atoms. The van der Waals surface area contributed by atoms with E-state index in [1.165, 1.54) is 0 Å². The third-order valence-electron chi connectivity index (χ3n) is 3.17. The number of benzene rings is 2. The quantitative estimate of drug-likeness (QED) is 0.867. The molecule has 0 aromatic heterocycles. The summed E-state index contributed by atoms with van der Waals surface area (Å²) in [5.74, 6) is -0.0934. The van der Waals surface area contributed by atoms with Crippen molar-refractivity contribution in [3.8, 4) is 6.07 Å². The average molecular weight is 333 g/mol. The van der Waals surface area contributed by atoms with Gasteiger partial charge in [0.05, 0.1) is 22.5 Å². The Bertz CT molecular complexity index is 706. The number of nitrogens with one attached hydrogen (secondary N) is 1. The van der Waals surface area contributed by atoms with Crippen LogP contribution >= 0.6 is 23.2 Å². The van der Waals surface area contributed by atoms with Gasteiger partial charge in [0.15, 0.2) is 0 Å². The van der Waals surface area contributed by atoms with Gasteiger partial charge >= 0.3 is 0 Å². The highest BCUT2D eigenvalue weighted by molar-refractivity contribution is 6.42. The lowest BCUT2D eigenvalue weighted by atomic mass is 10.1. The minimum atomic E-state index is -0.0934. The fourth-order valence-electron chi connectivity index (χ4n) is 2.01. The molecule has 2 rings (SSSR count). The van der Waals surface area contributed by atoms with Crippen LogP contribution in [0.4, 0.5) is 5.69 Å². The lowest BCUT2D eigenvalue weighted by Gasteiger charge is -2.07. The fraction of sp³-hybridized carbons (Fsp3) is 0.176. The molecule has 0 saturated heterocycles. The van der Waals surface area contributed by atoms with E-state index in [9.17, 15) is 4.79 Å². The van der Waals surface area contributed by atoms with E-state index in [1.54, 1.807) is 18.2 Å². The van der Waals surface area contributed by atoms with Crippen molar-refractivity contribution in [3.05, 3.63) is 63.6 Å². The maximum atomic E-state index is 12.0. The Kier molecular flexibility index (Phi) is 5.83. The minimum Gasteiger partial charge on any atom is -0.326 e. The molecule has 0 radical (unpaired) electrons. The van der Waals surface area contributed by atoms with Crippen LogP contribution in [-0.2, 0) is 17.6 Å². The van der Waals surface area contributed by atoms with Crippen LogP contribution in [0.3, 0.4) is 0 Å². The standard InChI is InChI=1S/C17H14Cl2N2O/c18-15-3-1-2-13(17(15)19)6-9-16(22)21-14-7-4-12(5-8-14)10-11-20/h1-5,7-8H,6,9-10H2,(H,21,22). The smallest absolute Gasteiger partial charge is 0.224 e. The van der Waals surface area contributed by atoms with Gasteiger partial charge in [-0.05, 0) is 35.7 Å². The lowest BCUT2D eigenvalue weighted by molar-refractivity contribution is -0.116. The van der Waals surface area contributed by atoms with E-state index >= 15 is 0 Å². The molecule has 0 heterocycles. The van der Waals surface area contributed by atoms with Gasteiger partial charge in [-0.2, -0.15) is 5.26 Å². The summed E-state index contributed by atoms with van der Waals surface area (Å²) in [6.07, 6.45) is 1.21. The minimum absolute atomic E-state index is 0.0934. The van der Waals surface area contributed by atoms with E-state index in [0.29, 0.717) is 35.0 Å². The van der Waals surface area contributed by atoms with E-state index in [2.05, 4.69) is 11.4 Å².